The van der Waals surface area contributed by atoms with E-state index >= 15 is 0 Å². The first kappa shape index (κ1) is 15.3. The van der Waals surface area contributed by atoms with E-state index in [2.05, 4.69) is 10.6 Å². The summed E-state index contributed by atoms with van der Waals surface area (Å²) < 4.78 is 9.96. The Morgan fingerprint density at radius 2 is 2.11 bits per heavy atom. The predicted octanol–water partition coefficient (Wildman–Crippen LogP) is 1.49. The van der Waals surface area contributed by atoms with E-state index in [1.807, 2.05) is 43.3 Å². The summed E-state index contributed by atoms with van der Waals surface area (Å²) >= 11 is 0. The summed E-state index contributed by atoms with van der Waals surface area (Å²) in [6, 6.07) is 7.29. The zero-order chi connectivity index (χ0) is 14.1. The largest absolute Gasteiger partial charge is 0.382 e. The molecule has 1 rings (SSSR count). The standard InChI is InChI=1S/C13H21N3O3/c1-16(2)12-6-4-5-11(9-12)15-13(17)14-10-19-8-7-18-3/h4-6,9H,7-8,10H2,1-3H3,(H2,14,15,17). The van der Waals surface area contributed by atoms with Crippen molar-refractivity contribution in [1.82, 2.24) is 5.32 Å². The smallest absolute Gasteiger partial charge is 0.321 e. The highest BCUT2D eigenvalue weighted by Crippen LogP contribution is 2.16. The molecule has 6 nitrogen and oxygen atoms in total. The van der Waals surface area contributed by atoms with Crippen molar-refractivity contribution in [3.05, 3.63) is 24.3 Å². The second-order valence-corrected chi connectivity index (χ2v) is 4.12. The molecule has 0 atom stereocenters. The third kappa shape index (κ3) is 6.08. The average Bonchev–Trinajstić information content (AvgIpc) is 2.38. The van der Waals surface area contributed by atoms with E-state index in [1.54, 1.807) is 7.11 Å². The van der Waals surface area contributed by atoms with Crippen LogP contribution in [0, 0.1) is 0 Å². The summed E-state index contributed by atoms with van der Waals surface area (Å²) in [4.78, 5) is 13.5. The number of anilines is 2. The molecule has 0 aliphatic heterocycles. The van der Waals surface area contributed by atoms with Crippen LogP contribution in [0.2, 0.25) is 0 Å². The van der Waals surface area contributed by atoms with Gasteiger partial charge in [-0.05, 0) is 18.2 Å². The molecule has 106 valence electrons. The van der Waals surface area contributed by atoms with Crippen LogP contribution in [0.5, 0.6) is 0 Å². The SMILES string of the molecule is COCCOCNC(=O)Nc1cccc(N(C)C)c1. The molecule has 0 bridgehead atoms. The molecule has 0 spiro atoms. The molecule has 0 fully saturated rings. The van der Waals surface area contributed by atoms with Gasteiger partial charge >= 0.3 is 6.03 Å². The minimum absolute atomic E-state index is 0.155. The fourth-order valence-electron chi connectivity index (χ4n) is 1.37. The highest BCUT2D eigenvalue weighted by molar-refractivity contribution is 5.89. The topological polar surface area (TPSA) is 62.8 Å². The van der Waals surface area contributed by atoms with Crippen LogP contribution in [0.4, 0.5) is 16.2 Å². The molecule has 0 unspecified atom stereocenters. The van der Waals surface area contributed by atoms with E-state index in [4.69, 9.17) is 9.47 Å². The van der Waals surface area contributed by atoms with Gasteiger partial charge in [0, 0.05) is 32.6 Å². The first-order valence-corrected chi connectivity index (χ1v) is 6.02. The number of amides is 2. The van der Waals surface area contributed by atoms with Gasteiger partial charge in [-0.3, -0.25) is 0 Å². The van der Waals surface area contributed by atoms with Crippen molar-refractivity contribution in [2.45, 2.75) is 0 Å². The van der Waals surface area contributed by atoms with Crippen molar-refractivity contribution in [3.8, 4) is 0 Å². The number of nitrogens with one attached hydrogen (secondary N) is 2. The molecule has 0 saturated heterocycles. The van der Waals surface area contributed by atoms with Crippen LogP contribution in [0.1, 0.15) is 0 Å². The Labute approximate surface area is 113 Å². The van der Waals surface area contributed by atoms with E-state index in [9.17, 15) is 4.79 Å². The fourth-order valence-corrected chi connectivity index (χ4v) is 1.37. The summed E-state index contributed by atoms with van der Waals surface area (Å²) in [7, 11) is 5.49. The molecule has 6 heteroatoms. The molecule has 0 aliphatic rings. The Bertz CT molecular complexity index is 396. The van der Waals surface area contributed by atoms with E-state index in [0.29, 0.717) is 13.2 Å². The Morgan fingerprint density at radius 3 is 2.79 bits per heavy atom. The van der Waals surface area contributed by atoms with Crippen molar-refractivity contribution < 1.29 is 14.3 Å². The molecule has 0 radical (unpaired) electrons. The Kier molecular flexibility index (Phi) is 6.70. The third-order valence-electron chi connectivity index (χ3n) is 2.39. The van der Waals surface area contributed by atoms with Crippen LogP contribution >= 0.6 is 0 Å². The van der Waals surface area contributed by atoms with Crippen LogP contribution in [0.3, 0.4) is 0 Å². The van der Waals surface area contributed by atoms with Gasteiger partial charge in [0.2, 0.25) is 0 Å². The zero-order valence-electron chi connectivity index (χ0n) is 11.6. The third-order valence-corrected chi connectivity index (χ3v) is 2.39. The van der Waals surface area contributed by atoms with Crippen LogP contribution < -0.4 is 15.5 Å². The van der Waals surface area contributed by atoms with Gasteiger partial charge in [0.1, 0.15) is 6.73 Å². The molecule has 1 aromatic carbocycles. The molecule has 0 saturated carbocycles. The Hall–Kier alpha value is -1.79. The van der Waals surface area contributed by atoms with Gasteiger partial charge in [-0.2, -0.15) is 0 Å². The molecule has 1 aromatic rings. The summed E-state index contributed by atoms with van der Waals surface area (Å²) in [6.07, 6.45) is 0. The fraction of sp³-hybridized carbons (Fsp3) is 0.462. The lowest BCUT2D eigenvalue weighted by Gasteiger charge is -2.14. The van der Waals surface area contributed by atoms with E-state index in [0.717, 1.165) is 11.4 Å². The van der Waals surface area contributed by atoms with E-state index in [1.165, 1.54) is 0 Å². The number of rotatable bonds is 7. The van der Waals surface area contributed by atoms with Crippen LogP contribution in [-0.2, 0) is 9.47 Å². The maximum absolute atomic E-state index is 11.6. The molecule has 0 aliphatic carbocycles. The number of methoxy groups -OCH3 is 1. The minimum Gasteiger partial charge on any atom is -0.382 e. The van der Waals surface area contributed by atoms with Gasteiger partial charge in [-0.25, -0.2) is 4.79 Å². The first-order valence-electron chi connectivity index (χ1n) is 6.02. The molecular formula is C13H21N3O3. The summed E-state index contributed by atoms with van der Waals surface area (Å²) in [5.41, 5.74) is 1.76. The minimum atomic E-state index is -0.298. The number of carbonyl (C=O) groups excluding carboxylic acids is 1. The lowest BCUT2D eigenvalue weighted by Crippen LogP contribution is -2.31. The van der Waals surface area contributed by atoms with Crippen molar-refractivity contribution in [2.24, 2.45) is 0 Å². The van der Waals surface area contributed by atoms with Crippen molar-refractivity contribution in [2.75, 3.05) is 51.4 Å². The summed E-state index contributed by atoms with van der Waals surface area (Å²) in [5.74, 6) is 0. The second-order valence-electron chi connectivity index (χ2n) is 4.12. The average molecular weight is 267 g/mol. The molecule has 0 aromatic heterocycles. The normalized spacial score (nSPS) is 10.1. The van der Waals surface area contributed by atoms with E-state index < -0.39 is 0 Å². The predicted molar refractivity (Wildman–Crippen MR) is 75.6 cm³/mol. The quantitative estimate of drug-likeness (QED) is 0.580. The monoisotopic (exact) mass is 267 g/mol. The number of ether oxygens (including phenoxy) is 2. The number of hydrogen-bond donors (Lipinski definition) is 2. The van der Waals surface area contributed by atoms with Crippen LogP contribution in [0.25, 0.3) is 0 Å². The number of hydrogen-bond acceptors (Lipinski definition) is 4. The van der Waals surface area contributed by atoms with Gasteiger partial charge in [0.15, 0.2) is 0 Å². The van der Waals surface area contributed by atoms with Crippen molar-refractivity contribution in [1.29, 1.82) is 0 Å². The van der Waals surface area contributed by atoms with Crippen molar-refractivity contribution >= 4 is 17.4 Å². The number of benzene rings is 1. The van der Waals surface area contributed by atoms with Gasteiger partial charge in [-0.1, -0.05) is 6.07 Å². The number of nitrogens with zero attached hydrogens (tertiary/aromatic N) is 1. The van der Waals surface area contributed by atoms with E-state index in [-0.39, 0.29) is 12.8 Å². The maximum Gasteiger partial charge on any atom is 0.321 e. The first-order chi connectivity index (χ1) is 9.13. The van der Waals surface area contributed by atoms with Crippen LogP contribution in [-0.4, -0.2) is 47.2 Å². The van der Waals surface area contributed by atoms with Gasteiger partial charge in [0.05, 0.1) is 13.2 Å². The summed E-state index contributed by atoms with van der Waals surface area (Å²) in [6.45, 7) is 1.11. The number of urea groups is 1. The second kappa shape index (κ2) is 8.34. The maximum atomic E-state index is 11.6. The van der Waals surface area contributed by atoms with Gasteiger partial charge in [0.25, 0.3) is 0 Å². The lowest BCUT2D eigenvalue weighted by atomic mass is 10.2. The molecule has 19 heavy (non-hydrogen) atoms. The highest BCUT2D eigenvalue weighted by atomic mass is 16.5. The Morgan fingerprint density at radius 1 is 1.32 bits per heavy atom. The summed E-state index contributed by atoms with van der Waals surface area (Å²) in [5, 5.41) is 5.34. The van der Waals surface area contributed by atoms with Gasteiger partial charge < -0.3 is 25.0 Å². The highest BCUT2D eigenvalue weighted by Gasteiger charge is 2.02. The lowest BCUT2D eigenvalue weighted by molar-refractivity contribution is 0.0650. The molecule has 2 amide bonds. The zero-order valence-corrected chi connectivity index (χ0v) is 11.6. The molecular weight excluding hydrogens is 246 g/mol. The number of carbonyl (C=O) groups is 1. The Balaban J connectivity index is 2.33. The van der Waals surface area contributed by atoms with Crippen LogP contribution in [0.15, 0.2) is 24.3 Å². The van der Waals surface area contributed by atoms with Crippen molar-refractivity contribution in [3.63, 3.8) is 0 Å². The van der Waals surface area contributed by atoms with Gasteiger partial charge in [-0.15, -0.1) is 0 Å². The molecule has 0 heterocycles. The molecule has 2 N–H and O–H groups in total.